The van der Waals surface area contributed by atoms with Gasteiger partial charge in [0.25, 0.3) is 0 Å². The van der Waals surface area contributed by atoms with Gasteiger partial charge >= 0.3 is 5.97 Å². The van der Waals surface area contributed by atoms with Gasteiger partial charge < -0.3 is 9.84 Å². The molecule has 0 amide bonds. The van der Waals surface area contributed by atoms with E-state index in [1.807, 2.05) is 58.0 Å². The largest absolute Gasteiger partial charge is 0.493 e. The zero-order valence-corrected chi connectivity index (χ0v) is 14.2. The van der Waals surface area contributed by atoms with Crippen molar-refractivity contribution in [3.8, 4) is 5.75 Å². The fourth-order valence-corrected chi connectivity index (χ4v) is 2.80. The van der Waals surface area contributed by atoms with E-state index in [-0.39, 0.29) is 0 Å². The molecular formula is C20H24O3. The van der Waals surface area contributed by atoms with E-state index in [9.17, 15) is 9.90 Å². The summed E-state index contributed by atoms with van der Waals surface area (Å²) >= 11 is 0. The van der Waals surface area contributed by atoms with E-state index in [0.29, 0.717) is 13.0 Å². The summed E-state index contributed by atoms with van der Waals surface area (Å²) in [4.78, 5) is 11.7. The second-order valence-electron chi connectivity index (χ2n) is 6.16. The fraction of sp³-hybridized carbons (Fsp3) is 0.350. The molecule has 2 rings (SSSR count). The molecule has 0 heterocycles. The van der Waals surface area contributed by atoms with Crippen LogP contribution in [0.4, 0.5) is 0 Å². The SMILES string of the molecule is Cc1ccc(OCCC(C(=O)O)c2cc(C)ccc2C)c(C)c1. The van der Waals surface area contributed by atoms with Crippen LogP contribution in [0.2, 0.25) is 0 Å². The third-order valence-electron chi connectivity index (χ3n) is 4.10. The summed E-state index contributed by atoms with van der Waals surface area (Å²) in [7, 11) is 0. The Hall–Kier alpha value is -2.29. The Balaban J connectivity index is 2.09. The van der Waals surface area contributed by atoms with E-state index in [1.54, 1.807) is 0 Å². The second-order valence-corrected chi connectivity index (χ2v) is 6.16. The van der Waals surface area contributed by atoms with Gasteiger partial charge in [0.05, 0.1) is 12.5 Å². The lowest BCUT2D eigenvalue weighted by molar-refractivity contribution is -0.139. The van der Waals surface area contributed by atoms with Gasteiger partial charge in [-0.25, -0.2) is 0 Å². The number of carbonyl (C=O) groups is 1. The second kappa shape index (κ2) is 7.32. The van der Waals surface area contributed by atoms with E-state index >= 15 is 0 Å². The predicted molar refractivity (Wildman–Crippen MR) is 92.3 cm³/mol. The van der Waals surface area contributed by atoms with Crippen LogP contribution in [0.25, 0.3) is 0 Å². The van der Waals surface area contributed by atoms with Crippen molar-refractivity contribution in [3.05, 3.63) is 64.2 Å². The number of carboxylic acid groups (broad SMARTS) is 1. The highest BCUT2D eigenvalue weighted by Gasteiger charge is 2.22. The minimum absolute atomic E-state index is 0.383. The third-order valence-corrected chi connectivity index (χ3v) is 4.10. The molecule has 3 nitrogen and oxygen atoms in total. The first-order valence-electron chi connectivity index (χ1n) is 7.88. The van der Waals surface area contributed by atoms with Crippen molar-refractivity contribution in [1.29, 1.82) is 0 Å². The topological polar surface area (TPSA) is 46.5 Å². The number of carboxylic acids is 1. The minimum Gasteiger partial charge on any atom is -0.493 e. The maximum Gasteiger partial charge on any atom is 0.311 e. The van der Waals surface area contributed by atoms with Gasteiger partial charge in [0.1, 0.15) is 5.75 Å². The molecule has 1 N–H and O–H groups in total. The molecule has 122 valence electrons. The van der Waals surface area contributed by atoms with Gasteiger partial charge in [-0.3, -0.25) is 4.79 Å². The first-order valence-corrected chi connectivity index (χ1v) is 7.88. The molecule has 3 heteroatoms. The lowest BCUT2D eigenvalue weighted by atomic mass is 9.91. The molecule has 0 aliphatic heterocycles. The third kappa shape index (κ3) is 4.35. The summed E-state index contributed by atoms with van der Waals surface area (Å²) in [5.74, 6) is -0.524. The van der Waals surface area contributed by atoms with Crippen molar-refractivity contribution in [1.82, 2.24) is 0 Å². The summed E-state index contributed by atoms with van der Waals surface area (Å²) < 4.78 is 5.80. The van der Waals surface area contributed by atoms with Crippen molar-refractivity contribution in [2.45, 2.75) is 40.0 Å². The molecular weight excluding hydrogens is 288 g/mol. The van der Waals surface area contributed by atoms with Gasteiger partial charge in [-0.05, 0) is 56.9 Å². The number of hydrogen-bond acceptors (Lipinski definition) is 2. The first-order chi connectivity index (χ1) is 10.9. The van der Waals surface area contributed by atoms with Crippen LogP contribution in [-0.4, -0.2) is 17.7 Å². The lowest BCUT2D eigenvalue weighted by Gasteiger charge is -2.17. The molecule has 0 aliphatic rings. The molecule has 1 atom stereocenters. The van der Waals surface area contributed by atoms with Crippen molar-refractivity contribution < 1.29 is 14.6 Å². The molecule has 2 aromatic carbocycles. The smallest absolute Gasteiger partial charge is 0.311 e. The van der Waals surface area contributed by atoms with Gasteiger partial charge in [-0.15, -0.1) is 0 Å². The Bertz CT molecular complexity index is 704. The molecule has 1 unspecified atom stereocenters. The predicted octanol–water partition coefficient (Wildman–Crippen LogP) is 4.56. The number of ether oxygens (including phenoxy) is 1. The molecule has 0 saturated heterocycles. The molecule has 0 spiro atoms. The highest BCUT2D eigenvalue weighted by Crippen LogP contribution is 2.26. The Labute approximate surface area is 137 Å². The van der Waals surface area contributed by atoms with Crippen LogP contribution < -0.4 is 4.74 Å². The van der Waals surface area contributed by atoms with Gasteiger partial charge in [-0.2, -0.15) is 0 Å². The highest BCUT2D eigenvalue weighted by atomic mass is 16.5. The molecule has 23 heavy (non-hydrogen) atoms. The Morgan fingerprint density at radius 3 is 2.30 bits per heavy atom. The van der Waals surface area contributed by atoms with Crippen molar-refractivity contribution in [2.75, 3.05) is 6.61 Å². The Morgan fingerprint density at radius 1 is 1.00 bits per heavy atom. The van der Waals surface area contributed by atoms with E-state index in [1.165, 1.54) is 5.56 Å². The van der Waals surface area contributed by atoms with Crippen molar-refractivity contribution in [2.24, 2.45) is 0 Å². The van der Waals surface area contributed by atoms with E-state index in [2.05, 4.69) is 6.07 Å². The fourth-order valence-electron chi connectivity index (χ4n) is 2.80. The average molecular weight is 312 g/mol. The number of aliphatic carboxylic acids is 1. The molecule has 2 aromatic rings. The van der Waals surface area contributed by atoms with Gasteiger partial charge in [-0.1, -0.05) is 41.5 Å². The lowest BCUT2D eigenvalue weighted by Crippen LogP contribution is -2.16. The molecule has 0 saturated carbocycles. The summed E-state index contributed by atoms with van der Waals surface area (Å²) in [5.41, 5.74) is 5.22. The zero-order valence-electron chi connectivity index (χ0n) is 14.2. The molecule has 0 aromatic heterocycles. The van der Waals surface area contributed by atoms with Crippen LogP contribution >= 0.6 is 0 Å². The monoisotopic (exact) mass is 312 g/mol. The highest BCUT2D eigenvalue weighted by molar-refractivity contribution is 5.76. The molecule has 0 radical (unpaired) electrons. The van der Waals surface area contributed by atoms with Crippen LogP contribution in [0.3, 0.4) is 0 Å². The average Bonchev–Trinajstić information content (AvgIpc) is 2.48. The van der Waals surface area contributed by atoms with Gasteiger partial charge in [0.2, 0.25) is 0 Å². The maximum atomic E-state index is 11.7. The molecule has 0 bridgehead atoms. The van der Waals surface area contributed by atoms with Crippen molar-refractivity contribution in [3.63, 3.8) is 0 Å². The summed E-state index contributed by atoms with van der Waals surface area (Å²) in [6, 6.07) is 12.0. The van der Waals surface area contributed by atoms with Gasteiger partial charge in [0, 0.05) is 0 Å². The summed E-state index contributed by atoms with van der Waals surface area (Å²) in [5, 5.41) is 9.57. The summed E-state index contributed by atoms with van der Waals surface area (Å²) in [6.45, 7) is 8.36. The van der Waals surface area contributed by atoms with Crippen molar-refractivity contribution >= 4 is 5.97 Å². The normalized spacial score (nSPS) is 12.0. The van der Waals surface area contributed by atoms with E-state index in [0.717, 1.165) is 28.0 Å². The number of hydrogen-bond donors (Lipinski definition) is 1. The van der Waals surface area contributed by atoms with Crippen LogP contribution in [0, 0.1) is 27.7 Å². The number of rotatable bonds is 6. The quantitative estimate of drug-likeness (QED) is 0.850. The number of aryl methyl sites for hydroxylation is 4. The molecule has 0 aliphatic carbocycles. The Kier molecular flexibility index (Phi) is 5.43. The van der Waals surface area contributed by atoms with E-state index in [4.69, 9.17) is 4.74 Å². The van der Waals surface area contributed by atoms with Crippen LogP contribution in [0.1, 0.15) is 40.2 Å². The van der Waals surface area contributed by atoms with Crippen LogP contribution in [0.5, 0.6) is 5.75 Å². The summed E-state index contributed by atoms with van der Waals surface area (Å²) in [6.07, 6.45) is 0.451. The molecule has 0 fully saturated rings. The first kappa shape index (κ1) is 17.1. The van der Waals surface area contributed by atoms with Crippen LogP contribution in [0.15, 0.2) is 36.4 Å². The Morgan fingerprint density at radius 2 is 1.65 bits per heavy atom. The zero-order chi connectivity index (χ0) is 17.0. The van der Waals surface area contributed by atoms with Gasteiger partial charge in [0.15, 0.2) is 0 Å². The minimum atomic E-state index is -0.803. The van der Waals surface area contributed by atoms with Crippen LogP contribution in [-0.2, 0) is 4.79 Å². The maximum absolute atomic E-state index is 11.7. The van der Waals surface area contributed by atoms with E-state index < -0.39 is 11.9 Å². The number of benzene rings is 2. The standard InChI is InChI=1S/C20H24O3/c1-13-6-8-19(16(4)11-13)23-10-9-17(20(21)22)18-12-14(2)5-7-15(18)3/h5-8,11-12,17H,9-10H2,1-4H3,(H,21,22).